The molecule has 2 fully saturated rings. The molecular weight excluding hydrogens is 430 g/mol. The molecule has 3 amide bonds. The van der Waals surface area contributed by atoms with E-state index in [9.17, 15) is 14.4 Å². The van der Waals surface area contributed by atoms with Crippen molar-refractivity contribution in [2.75, 3.05) is 26.2 Å². The van der Waals surface area contributed by atoms with E-state index in [1.165, 1.54) is 0 Å². The van der Waals surface area contributed by atoms with Crippen molar-refractivity contribution >= 4 is 17.7 Å². The Morgan fingerprint density at radius 2 is 1.74 bits per heavy atom. The third-order valence-corrected chi connectivity index (χ3v) is 6.58. The van der Waals surface area contributed by atoms with Crippen LogP contribution in [0.5, 0.6) is 5.75 Å². The zero-order valence-corrected chi connectivity index (χ0v) is 19.8. The van der Waals surface area contributed by atoms with Gasteiger partial charge in [0.2, 0.25) is 5.91 Å². The molecular formula is C27H33N3O4. The number of rotatable bonds is 9. The summed E-state index contributed by atoms with van der Waals surface area (Å²) in [4.78, 5) is 40.9. The zero-order valence-electron chi connectivity index (χ0n) is 19.8. The molecule has 180 valence electrons. The van der Waals surface area contributed by atoms with Crippen LogP contribution in [-0.2, 0) is 16.1 Å². The van der Waals surface area contributed by atoms with Crippen LogP contribution in [0.25, 0.3) is 0 Å². The second-order valence-corrected chi connectivity index (χ2v) is 8.96. The summed E-state index contributed by atoms with van der Waals surface area (Å²) in [6.45, 7) is 4.98. The average molecular weight is 464 g/mol. The van der Waals surface area contributed by atoms with Gasteiger partial charge in [-0.05, 0) is 49.4 Å². The third kappa shape index (κ3) is 5.76. The predicted molar refractivity (Wildman–Crippen MR) is 129 cm³/mol. The Morgan fingerprint density at radius 1 is 1.00 bits per heavy atom. The Labute approximate surface area is 201 Å². The fraction of sp³-hybridized carbons (Fsp3) is 0.444. The van der Waals surface area contributed by atoms with Crippen molar-refractivity contribution in [3.63, 3.8) is 0 Å². The number of likely N-dealkylation sites (tertiary alicyclic amines) is 2. The van der Waals surface area contributed by atoms with Crippen molar-refractivity contribution in [3.8, 4) is 5.75 Å². The molecule has 1 N–H and O–H groups in total. The molecule has 2 heterocycles. The highest BCUT2D eigenvalue weighted by Crippen LogP contribution is 2.28. The van der Waals surface area contributed by atoms with Crippen molar-refractivity contribution in [2.45, 2.75) is 51.6 Å². The van der Waals surface area contributed by atoms with Gasteiger partial charge in [0.1, 0.15) is 5.75 Å². The van der Waals surface area contributed by atoms with Gasteiger partial charge >= 0.3 is 0 Å². The zero-order chi connectivity index (χ0) is 23.9. The van der Waals surface area contributed by atoms with Crippen LogP contribution in [-0.4, -0.2) is 53.8 Å². The van der Waals surface area contributed by atoms with Crippen molar-refractivity contribution < 1.29 is 19.1 Å². The number of para-hydroxylation sites is 1. The van der Waals surface area contributed by atoms with E-state index >= 15 is 0 Å². The second-order valence-electron chi connectivity index (χ2n) is 8.96. The highest BCUT2D eigenvalue weighted by Gasteiger charge is 2.22. The van der Waals surface area contributed by atoms with Crippen molar-refractivity contribution in [3.05, 3.63) is 65.2 Å². The molecule has 2 saturated heterocycles. The first-order chi connectivity index (χ1) is 16.5. The van der Waals surface area contributed by atoms with E-state index in [0.29, 0.717) is 30.7 Å². The molecule has 2 aromatic carbocycles. The molecule has 0 saturated carbocycles. The molecule has 2 aromatic rings. The van der Waals surface area contributed by atoms with Gasteiger partial charge in [-0.15, -0.1) is 0 Å². The van der Waals surface area contributed by atoms with Crippen LogP contribution in [0.2, 0.25) is 0 Å². The maximum atomic E-state index is 13.0. The third-order valence-electron chi connectivity index (χ3n) is 6.58. The summed E-state index contributed by atoms with van der Waals surface area (Å²) in [5.74, 6) is 0.641. The summed E-state index contributed by atoms with van der Waals surface area (Å²) >= 11 is 0. The number of nitrogens with zero attached hydrogens (tertiary/aromatic N) is 2. The molecule has 0 aromatic heterocycles. The number of ether oxygens (including phenoxy) is 1. The topological polar surface area (TPSA) is 79.0 Å². The summed E-state index contributed by atoms with van der Waals surface area (Å²) in [5.41, 5.74) is 2.44. The van der Waals surface area contributed by atoms with E-state index in [1.807, 2.05) is 53.1 Å². The minimum Gasteiger partial charge on any atom is -0.483 e. The molecule has 2 aliphatic heterocycles. The van der Waals surface area contributed by atoms with E-state index in [0.717, 1.165) is 50.0 Å². The first-order valence-electron chi connectivity index (χ1n) is 12.2. The Morgan fingerprint density at radius 3 is 2.41 bits per heavy atom. The number of amides is 3. The fourth-order valence-electron chi connectivity index (χ4n) is 4.59. The number of hydrogen-bond acceptors (Lipinski definition) is 4. The van der Waals surface area contributed by atoms with Gasteiger partial charge in [-0.2, -0.15) is 0 Å². The molecule has 7 heteroatoms. The van der Waals surface area contributed by atoms with Gasteiger partial charge in [0.25, 0.3) is 11.8 Å². The quantitative estimate of drug-likeness (QED) is 0.615. The Hall–Kier alpha value is -3.35. The molecule has 0 bridgehead atoms. The summed E-state index contributed by atoms with van der Waals surface area (Å²) in [6, 6.07) is 14.7. The standard InChI is InChI=1S/C27H33N3O4/c1-2-23(22-8-3-4-9-24(22)34-19-26(32)29-15-5-6-16-29)28-27(33)21-13-11-20(12-14-21)18-30-17-7-10-25(30)31/h3-4,8-9,11-14,23H,2,5-7,10,15-19H2,1H3,(H,28,33). The van der Waals surface area contributed by atoms with Crippen LogP contribution in [0, 0.1) is 0 Å². The van der Waals surface area contributed by atoms with Gasteiger partial charge in [-0.1, -0.05) is 37.3 Å². The van der Waals surface area contributed by atoms with Gasteiger partial charge in [-0.3, -0.25) is 14.4 Å². The minimum absolute atomic E-state index is 0.0000993. The Kier molecular flexibility index (Phi) is 7.83. The van der Waals surface area contributed by atoms with Crippen molar-refractivity contribution in [1.82, 2.24) is 15.1 Å². The van der Waals surface area contributed by atoms with Crippen LogP contribution >= 0.6 is 0 Å². The summed E-state index contributed by atoms with van der Waals surface area (Å²) in [5, 5.41) is 3.10. The molecule has 1 unspecified atom stereocenters. The number of nitrogens with one attached hydrogen (secondary N) is 1. The van der Waals surface area contributed by atoms with Gasteiger partial charge < -0.3 is 19.9 Å². The predicted octanol–water partition coefficient (Wildman–Crippen LogP) is 3.69. The van der Waals surface area contributed by atoms with Gasteiger partial charge in [0, 0.05) is 43.7 Å². The van der Waals surface area contributed by atoms with E-state index in [1.54, 1.807) is 12.1 Å². The molecule has 0 spiro atoms. The van der Waals surface area contributed by atoms with E-state index in [4.69, 9.17) is 4.74 Å². The molecule has 34 heavy (non-hydrogen) atoms. The lowest BCUT2D eigenvalue weighted by Gasteiger charge is -2.22. The first-order valence-corrected chi connectivity index (χ1v) is 12.2. The lowest BCUT2D eigenvalue weighted by atomic mass is 10.0. The van der Waals surface area contributed by atoms with Crippen LogP contribution in [0.3, 0.4) is 0 Å². The maximum absolute atomic E-state index is 13.0. The van der Waals surface area contributed by atoms with Crippen molar-refractivity contribution in [2.24, 2.45) is 0 Å². The van der Waals surface area contributed by atoms with Gasteiger partial charge in [0.15, 0.2) is 6.61 Å². The molecule has 0 radical (unpaired) electrons. The largest absolute Gasteiger partial charge is 0.483 e. The van der Waals surface area contributed by atoms with Crippen LogP contribution in [0.1, 0.15) is 66.6 Å². The van der Waals surface area contributed by atoms with Crippen molar-refractivity contribution in [1.29, 1.82) is 0 Å². The smallest absolute Gasteiger partial charge is 0.260 e. The number of carbonyl (C=O) groups excluding carboxylic acids is 3. The fourth-order valence-corrected chi connectivity index (χ4v) is 4.59. The Balaban J connectivity index is 1.38. The Bertz CT molecular complexity index is 1010. The van der Waals surface area contributed by atoms with E-state index in [-0.39, 0.29) is 30.4 Å². The SMILES string of the molecule is CCC(NC(=O)c1ccc(CN2CCCC2=O)cc1)c1ccccc1OCC(=O)N1CCCC1. The lowest BCUT2D eigenvalue weighted by molar-refractivity contribution is -0.132. The lowest BCUT2D eigenvalue weighted by Crippen LogP contribution is -2.32. The highest BCUT2D eigenvalue weighted by atomic mass is 16.5. The molecule has 1 atom stereocenters. The van der Waals surface area contributed by atoms with Crippen LogP contribution < -0.4 is 10.1 Å². The number of hydrogen-bond donors (Lipinski definition) is 1. The maximum Gasteiger partial charge on any atom is 0.260 e. The van der Waals surface area contributed by atoms with E-state index in [2.05, 4.69) is 5.32 Å². The van der Waals surface area contributed by atoms with E-state index < -0.39 is 0 Å². The van der Waals surface area contributed by atoms with Crippen LogP contribution in [0.4, 0.5) is 0 Å². The normalized spacial score (nSPS) is 16.6. The molecule has 7 nitrogen and oxygen atoms in total. The van der Waals surface area contributed by atoms with Gasteiger partial charge in [0.05, 0.1) is 6.04 Å². The first kappa shape index (κ1) is 23.8. The monoisotopic (exact) mass is 463 g/mol. The average Bonchev–Trinajstić information content (AvgIpc) is 3.54. The molecule has 0 aliphatic carbocycles. The summed E-state index contributed by atoms with van der Waals surface area (Å²) < 4.78 is 5.89. The summed E-state index contributed by atoms with van der Waals surface area (Å²) in [6.07, 6.45) is 4.31. The second kappa shape index (κ2) is 11.2. The molecule has 2 aliphatic rings. The number of benzene rings is 2. The number of carbonyl (C=O) groups is 3. The van der Waals surface area contributed by atoms with Gasteiger partial charge in [-0.25, -0.2) is 0 Å². The van der Waals surface area contributed by atoms with Crippen LogP contribution in [0.15, 0.2) is 48.5 Å². The molecule has 4 rings (SSSR count). The summed E-state index contributed by atoms with van der Waals surface area (Å²) in [7, 11) is 0. The minimum atomic E-state index is -0.243. The highest BCUT2D eigenvalue weighted by molar-refractivity contribution is 5.94.